The van der Waals surface area contributed by atoms with Gasteiger partial charge in [0.05, 0.1) is 43.2 Å². The number of carbonyl (C=O) groups is 1. The second-order valence-electron chi connectivity index (χ2n) is 10.6. The molecule has 46 heavy (non-hydrogen) atoms. The highest BCUT2D eigenvalue weighted by Gasteiger charge is 2.25. The van der Waals surface area contributed by atoms with E-state index in [1.165, 1.54) is 17.5 Å². The largest absolute Gasteiger partial charge is 0.444 e. The molecule has 5 heterocycles. The Balaban J connectivity index is 1.20. The minimum absolute atomic E-state index is 0.145. The Bertz CT molecular complexity index is 2790. The molecule has 0 radical (unpaired) electrons. The quantitative estimate of drug-likeness (QED) is 0.195. The molecule has 0 aliphatic carbocycles. The first-order valence-electron chi connectivity index (χ1n) is 14.1. The minimum atomic E-state index is -0.469. The summed E-state index contributed by atoms with van der Waals surface area (Å²) >= 11 is 4.13. The molecule has 0 fully saturated rings. The number of ether oxygens (including phenoxy) is 1. The number of carbonyl (C=O) groups excluding carboxylic acids is 1. The lowest BCUT2D eigenvalue weighted by Crippen LogP contribution is -2.31. The first-order chi connectivity index (χ1) is 22.6. The van der Waals surface area contributed by atoms with Crippen LogP contribution in [0.15, 0.2) is 106 Å². The first kappa shape index (κ1) is 26.9. The molecule has 0 bridgehead atoms. The van der Waals surface area contributed by atoms with E-state index in [1.807, 2.05) is 60.7 Å². The summed E-state index contributed by atoms with van der Waals surface area (Å²) in [6, 6.07) is 26.2. The van der Waals surface area contributed by atoms with Crippen LogP contribution >= 0.6 is 34.4 Å². The molecule has 0 amide bonds. The first-order valence-corrected chi connectivity index (χ1v) is 16.5. The van der Waals surface area contributed by atoms with E-state index in [4.69, 9.17) is 9.72 Å². The number of hydrogen-bond acceptors (Lipinski definition) is 11. The Hall–Kier alpha value is -5.43. The maximum absolute atomic E-state index is 13.8. The lowest BCUT2D eigenvalue weighted by Gasteiger charge is -2.07. The van der Waals surface area contributed by atoms with E-state index in [9.17, 15) is 14.4 Å². The highest BCUT2D eigenvalue weighted by molar-refractivity contribution is 7.32. The third-order valence-corrected chi connectivity index (χ3v) is 10.9. The number of thiophene rings is 2. The van der Waals surface area contributed by atoms with Gasteiger partial charge in [0.2, 0.25) is 10.9 Å². The molecule has 0 saturated carbocycles. The lowest BCUT2D eigenvalue weighted by molar-refractivity contribution is 0.143. The molecule has 9 nitrogen and oxygen atoms in total. The summed E-state index contributed by atoms with van der Waals surface area (Å²) in [5.41, 5.74) is 3.38. The van der Waals surface area contributed by atoms with Gasteiger partial charge in [-0.3, -0.25) is 14.6 Å². The smallest absolute Gasteiger partial charge is 0.419 e. The van der Waals surface area contributed by atoms with Crippen LogP contribution < -0.4 is 16.2 Å². The monoisotopic (exact) mass is 655 g/mol. The van der Waals surface area contributed by atoms with Crippen molar-refractivity contribution in [1.29, 1.82) is 0 Å². The zero-order valence-corrected chi connectivity index (χ0v) is 25.9. The van der Waals surface area contributed by atoms with Crippen molar-refractivity contribution < 1.29 is 9.53 Å². The predicted octanol–water partition coefficient (Wildman–Crippen LogP) is 7.30. The van der Waals surface area contributed by atoms with Gasteiger partial charge in [0.1, 0.15) is 29.0 Å². The minimum Gasteiger partial charge on any atom is -0.444 e. The van der Waals surface area contributed by atoms with Crippen LogP contribution in [0.1, 0.15) is 5.56 Å². The molecule has 0 saturated heterocycles. The van der Waals surface area contributed by atoms with Crippen molar-refractivity contribution in [3.05, 3.63) is 122 Å². The zero-order valence-electron chi connectivity index (χ0n) is 23.5. The fourth-order valence-corrected chi connectivity index (χ4v) is 8.83. The summed E-state index contributed by atoms with van der Waals surface area (Å²) in [7, 11) is 0. The third-order valence-electron chi connectivity index (χ3n) is 7.92. The summed E-state index contributed by atoms with van der Waals surface area (Å²) in [5, 5.41) is 1.49. The van der Waals surface area contributed by atoms with Gasteiger partial charge < -0.3 is 4.74 Å². The van der Waals surface area contributed by atoms with Gasteiger partial charge in [-0.05, 0) is 17.7 Å². The highest BCUT2D eigenvalue weighted by Crippen LogP contribution is 2.46. The lowest BCUT2D eigenvalue weighted by atomic mass is 10.2. The average Bonchev–Trinajstić information content (AvgIpc) is 3.90. The zero-order chi connectivity index (χ0) is 30.9. The number of fused-ring (bicyclic) bond motifs is 7. The summed E-state index contributed by atoms with van der Waals surface area (Å²) in [6.45, 7) is 0.145. The number of hydrogen-bond donors (Lipinski definition) is 0. The van der Waals surface area contributed by atoms with E-state index >= 15 is 0 Å². The molecule has 220 valence electrons. The molecular weight excluding hydrogens is 639 g/mol. The normalized spacial score (nSPS) is 11.8. The highest BCUT2D eigenvalue weighted by atomic mass is 32.1. The Morgan fingerprint density at radius 3 is 2.28 bits per heavy atom. The van der Waals surface area contributed by atoms with Gasteiger partial charge in [-0.15, -0.1) is 22.7 Å². The fourth-order valence-electron chi connectivity index (χ4n) is 5.81. The van der Waals surface area contributed by atoms with E-state index in [0.717, 1.165) is 47.2 Å². The number of pyridine rings is 1. The van der Waals surface area contributed by atoms with Crippen LogP contribution in [0.5, 0.6) is 0 Å². The van der Waals surface area contributed by atoms with Crippen LogP contribution in [-0.4, -0.2) is 24.4 Å². The second kappa shape index (κ2) is 10.3. The van der Waals surface area contributed by atoms with Crippen molar-refractivity contribution >= 4 is 98.5 Å². The van der Waals surface area contributed by atoms with E-state index in [1.54, 1.807) is 40.2 Å². The molecule has 0 spiro atoms. The molecular formula is C34H17N5O4S3. The number of aromatic nitrogens is 4. The molecule has 0 unspecified atom stereocenters. The number of rotatable bonds is 4. The van der Waals surface area contributed by atoms with E-state index in [0.29, 0.717) is 38.7 Å². The standard InChI is InChI=1S/C34H17N5O4S3/c40-30-18-10-4-5-11-19(18)31(41)28(30)36-21-15-35-26(27-25(21)37-46-38-27)24-14-22-32(45-24)33-29(20-12-6-7-13-23(20)44-33)39(22)34(42)43-16-17-8-2-1-3-9-17/h1-15H,16H2. The summed E-state index contributed by atoms with van der Waals surface area (Å²) in [6.07, 6.45) is 1.04. The van der Waals surface area contributed by atoms with E-state index in [2.05, 4.69) is 13.7 Å². The molecule has 9 rings (SSSR count). The summed E-state index contributed by atoms with van der Waals surface area (Å²) in [4.78, 5) is 49.7. The molecule has 0 atom stereocenters. The second-order valence-corrected chi connectivity index (χ2v) is 13.2. The Morgan fingerprint density at radius 2 is 1.50 bits per heavy atom. The van der Waals surface area contributed by atoms with Crippen LogP contribution in [0.2, 0.25) is 0 Å². The van der Waals surface area contributed by atoms with Crippen molar-refractivity contribution in [3.8, 4) is 10.6 Å². The third kappa shape index (κ3) is 4.01. The molecule has 0 aliphatic rings. The van der Waals surface area contributed by atoms with Gasteiger partial charge in [0.25, 0.3) is 0 Å². The van der Waals surface area contributed by atoms with Crippen LogP contribution in [-0.2, 0) is 11.3 Å². The van der Waals surface area contributed by atoms with Gasteiger partial charge >= 0.3 is 6.09 Å². The van der Waals surface area contributed by atoms with Crippen molar-refractivity contribution in [2.24, 2.45) is 4.99 Å². The van der Waals surface area contributed by atoms with Crippen LogP contribution in [0, 0.1) is 0 Å². The molecule has 9 aromatic rings. The maximum Gasteiger partial charge on any atom is 0.419 e. The molecule has 0 N–H and O–H groups in total. The topological polar surface area (TPSA) is 116 Å². The molecule has 5 aromatic heterocycles. The molecule has 0 aliphatic heterocycles. The van der Waals surface area contributed by atoms with Crippen molar-refractivity contribution in [3.63, 3.8) is 0 Å². The fraction of sp³-hybridized carbons (Fsp3) is 0.0294. The Morgan fingerprint density at radius 1 is 0.804 bits per heavy atom. The van der Waals surface area contributed by atoms with Gasteiger partial charge in [-0.25, -0.2) is 14.4 Å². The predicted molar refractivity (Wildman–Crippen MR) is 183 cm³/mol. The Kier molecular flexibility index (Phi) is 6.03. The summed E-state index contributed by atoms with van der Waals surface area (Å²) in [5.74, 6) is 0. The van der Waals surface area contributed by atoms with Crippen molar-refractivity contribution in [2.45, 2.75) is 6.61 Å². The van der Waals surface area contributed by atoms with Gasteiger partial charge in [-0.2, -0.15) is 8.75 Å². The molecule has 4 aromatic carbocycles. The van der Waals surface area contributed by atoms with Crippen molar-refractivity contribution in [1.82, 2.24) is 18.3 Å². The average molecular weight is 656 g/mol. The van der Waals surface area contributed by atoms with Gasteiger partial charge in [0, 0.05) is 20.9 Å². The maximum atomic E-state index is 13.8. The van der Waals surface area contributed by atoms with Crippen LogP contribution in [0.3, 0.4) is 0 Å². The van der Waals surface area contributed by atoms with Crippen LogP contribution in [0.25, 0.3) is 62.9 Å². The van der Waals surface area contributed by atoms with Gasteiger partial charge in [0.15, 0.2) is 5.36 Å². The number of nitrogens with zero attached hydrogens (tertiary/aromatic N) is 5. The molecule has 12 heteroatoms. The van der Waals surface area contributed by atoms with Crippen molar-refractivity contribution in [2.75, 3.05) is 0 Å². The van der Waals surface area contributed by atoms with Crippen LogP contribution in [0.4, 0.5) is 10.5 Å². The Labute approximate surface area is 270 Å². The van der Waals surface area contributed by atoms with Gasteiger partial charge in [-0.1, -0.05) is 72.8 Å². The van der Waals surface area contributed by atoms with E-state index in [-0.39, 0.29) is 12.0 Å². The summed E-state index contributed by atoms with van der Waals surface area (Å²) < 4.78 is 19.4. The van der Waals surface area contributed by atoms with E-state index < -0.39 is 17.0 Å². The number of benzene rings is 3. The SMILES string of the molecule is O=C(OCc1ccccc1)n1c2cc(-c3ncc(N=c4c(=O)c5ccccc5c4=O)c4nsnc34)sc2c2sc3ccccc3c21.